The van der Waals surface area contributed by atoms with Gasteiger partial charge in [-0.05, 0) is 13.3 Å². The molecule has 2 aromatic heterocycles. The van der Waals surface area contributed by atoms with Crippen molar-refractivity contribution in [2.45, 2.75) is 19.4 Å². The zero-order chi connectivity index (χ0) is 14.1. The highest BCUT2D eigenvalue weighted by Gasteiger charge is 2.26. The van der Waals surface area contributed by atoms with E-state index in [0.29, 0.717) is 12.3 Å². The molecule has 1 aliphatic heterocycles. The van der Waals surface area contributed by atoms with E-state index in [1.165, 1.54) is 0 Å². The summed E-state index contributed by atoms with van der Waals surface area (Å²) in [6.45, 7) is 2.97. The van der Waals surface area contributed by atoms with Crippen LogP contribution in [0, 0.1) is 0 Å². The van der Waals surface area contributed by atoms with E-state index in [4.69, 9.17) is 4.74 Å². The first kappa shape index (κ1) is 12.7. The highest BCUT2D eigenvalue weighted by molar-refractivity contribution is 5.88. The molecule has 7 nitrogen and oxygen atoms in total. The number of nitrogens with zero attached hydrogens (tertiary/aromatic N) is 4. The second-order valence-electron chi connectivity index (χ2n) is 4.76. The Hall–Kier alpha value is -2.31. The first-order valence-electron chi connectivity index (χ1n) is 6.68. The minimum Gasteiger partial charge on any atom is -0.461 e. The summed E-state index contributed by atoms with van der Waals surface area (Å²) in [4.78, 5) is 11.8. The number of esters is 1. The normalized spacial score (nSPS) is 17.4. The smallest absolute Gasteiger partial charge is 0.358 e. The van der Waals surface area contributed by atoms with E-state index in [9.17, 15) is 4.79 Å². The number of carbonyl (C=O) groups is 1. The van der Waals surface area contributed by atoms with Gasteiger partial charge < -0.3 is 10.1 Å². The van der Waals surface area contributed by atoms with Gasteiger partial charge in [-0.2, -0.15) is 10.2 Å². The largest absolute Gasteiger partial charge is 0.461 e. The summed E-state index contributed by atoms with van der Waals surface area (Å²) in [6, 6.07) is 1.84. The summed E-state index contributed by atoms with van der Waals surface area (Å²) in [5.74, 6) is 0.453. The molecule has 2 aromatic rings. The molecule has 0 aliphatic carbocycles. The average molecular weight is 275 g/mol. The van der Waals surface area contributed by atoms with E-state index in [1.807, 2.05) is 24.1 Å². The number of hydrogen-bond acceptors (Lipinski definition) is 5. The van der Waals surface area contributed by atoms with Crippen LogP contribution in [0.2, 0.25) is 0 Å². The summed E-state index contributed by atoms with van der Waals surface area (Å²) >= 11 is 0. The van der Waals surface area contributed by atoms with Crippen LogP contribution in [0.4, 0.5) is 5.82 Å². The number of aryl methyl sites for hydroxylation is 1. The average Bonchev–Trinajstić information content (AvgIpc) is 3.04. The monoisotopic (exact) mass is 275 g/mol. The molecule has 1 N–H and O–H groups in total. The quantitative estimate of drug-likeness (QED) is 0.852. The van der Waals surface area contributed by atoms with Gasteiger partial charge in [0.15, 0.2) is 5.69 Å². The van der Waals surface area contributed by atoms with Crippen molar-refractivity contribution in [3.05, 3.63) is 29.7 Å². The Kier molecular flexibility index (Phi) is 3.17. The molecule has 1 unspecified atom stereocenters. The number of ether oxygens (including phenoxy) is 1. The van der Waals surface area contributed by atoms with E-state index in [1.54, 1.807) is 17.7 Å². The van der Waals surface area contributed by atoms with Gasteiger partial charge in [0, 0.05) is 31.4 Å². The lowest BCUT2D eigenvalue weighted by atomic mass is 10.1. The number of carbonyl (C=O) groups excluding carboxylic acids is 1. The SMILES string of the molecule is CCOC(=O)c1cc2n(n1)C(c1cnn(C)c1)CCN2. The third kappa shape index (κ3) is 2.15. The van der Waals surface area contributed by atoms with Crippen molar-refractivity contribution in [2.24, 2.45) is 7.05 Å². The van der Waals surface area contributed by atoms with Crippen LogP contribution < -0.4 is 5.32 Å². The Morgan fingerprint density at radius 3 is 3.15 bits per heavy atom. The minimum atomic E-state index is -0.388. The third-order valence-corrected chi connectivity index (χ3v) is 3.35. The fourth-order valence-electron chi connectivity index (χ4n) is 2.45. The number of fused-ring (bicyclic) bond motifs is 1. The minimum absolute atomic E-state index is 0.100. The van der Waals surface area contributed by atoms with Crippen LogP contribution in [0.25, 0.3) is 0 Å². The van der Waals surface area contributed by atoms with Gasteiger partial charge in [0.05, 0.1) is 18.8 Å². The Labute approximate surface area is 116 Å². The highest BCUT2D eigenvalue weighted by Crippen LogP contribution is 2.29. The van der Waals surface area contributed by atoms with Crippen LogP contribution in [-0.2, 0) is 11.8 Å². The van der Waals surface area contributed by atoms with Crippen LogP contribution in [0.1, 0.15) is 35.4 Å². The molecule has 0 bridgehead atoms. The first-order valence-corrected chi connectivity index (χ1v) is 6.68. The topological polar surface area (TPSA) is 74.0 Å². The Morgan fingerprint density at radius 2 is 2.45 bits per heavy atom. The zero-order valence-electron chi connectivity index (χ0n) is 11.5. The van der Waals surface area contributed by atoms with Gasteiger partial charge in [0.1, 0.15) is 5.82 Å². The van der Waals surface area contributed by atoms with E-state index in [0.717, 1.165) is 24.3 Å². The molecule has 1 aliphatic rings. The van der Waals surface area contributed by atoms with Gasteiger partial charge in [0.2, 0.25) is 0 Å². The number of rotatable bonds is 3. The lowest BCUT2D eigenvalue weighted by Gasteiger charge is -2.24. The predicted octanol–water partition coefficient (Wildman–Crippen LogP) is 1.20. The molecule has 106 valence electrons. The maximum absolute atomic E-state index is 11.8. The van der Waals surface area contributed by atoms with Crippen LogP contribution in [0.3, 0.4) is 0 Å². The standard InChI is InChI=1S/C13H17N5O2/c1-3-20-13(19)10-6-12-14-5-4-11(18(12)16-10)9-7-15-17(2)8-9/h6-8,11,14H,3-5H2,1-2H3. The fourth-order valence-corrected chi connectivity index (χ4v) is 2.45. The van der Waals surface area contributed by atoms with Crippen LogP contribution in [0.5, 0.6) is 0 Å². The maximum Gasteiger partial charge on any atom is 0.358 e. The number of anilines is 1. The molecule has 0 spiro atoms. The van der Waals surface area contributed by atoms with Gasteiger partial charge in [-0.3, -0.25) is 4.68 Å². The highest BCUT2D eigenvalue weighted by atomic mass is 16.5. The van der Waals surface area contributed by atoms with Gasteiger partial charge in [0.25, 0.3) is 0 Å². The summed E-state index contributed by atoms with van der Waals surface area (Å²) in [7, 11) is 1.89. The number of nitrogens with one attached hydrogen (secondary N) is 1. The summed E-state index contributed by atoms with van der Waals surface area (Å²) in [6.07, 6.45) is 4.72. The van der Waals surface area contributed by atoms with E-state index in [2.05, 4.69) is 15.5 Å². The second kappa shape index (κ2) is 4.99. The molecule has 0 fully saturated rings. The van der Waals surface area contributed by atoms with Gasteiger partial charge >= 0.3 is 5.97 Å². The van der Waals surface area contributed by atoms with Crippen molar-refractivity contribution in [3.63, 3.8) is 0 Å². The lowest BCUT2D eigenvalue weighted by molar-refractivity contribution is 0.0518. The summed E-state index contributed by atoms with van der Waals surface area (Å²) in [5.41, 5.74) is 1.43. The molecule has 0 radical (unpaired) electrons. The molecule has 0 saturated heterocycles. The van der Waals surface area contributed by atoms with Gasteiger partial charge in [-0.15, -0.1) is 0 Å². The van der Waals surface area contributed by atoms with Crippen LogP contribution >= 0.6 is 0 Å². The molecular weight excluding hydrogens is 258 g/mol. The fraction of sp³-hybridized carbons (Fsp3) is 0.462. The molecule has 1 atom stereocenters. The molecule has 0 aromatic carbocycles. The predicted molar refractivity (Wildman–Crippen MR) is 72.6 cm³/mol. The Morgan fingerprint density at radius 1 is 1.60 bits per heavy atom. The van der Waals surface area contributed by atoms with E-state index < -0.39 is 0 Å². The molecule has 0 amide bonds. The van der Waals surface area contributed by atoms with Crippen molar-refractivity contribution in [2.75, 3.05) is 18.5 Å². The second-order valence-corrected chi connectivity index (χ2v) is 4.76. The van der Waals surface area contributed by atoms with Crippen molar-refractivity contribution < 1.29 is 9.53 Å². The van der Waals surface area contributed by atoms with Gasteiger partial charge in [-0.25, -0.2) is 9.48 Å². The molecule has 3 rings (SSSR count). The van der Waals surface area contributed by atoms with Crippen molar-refractivity contribution in [1.29, 1.82) is 0 Å². The maximum atomic E-state index is 11.8. The Balaban J connectivity index is 1.94. The Bertz CT molecular complexity index is 630. The van der Waals surface area contributed by atoms with Crippen molar-refractivity contribution >= 4 is 11.8 Å². The molecule has 20 heavy (non-hydrogen) atoms. The lowest BCUT2D eigenvalue weighted by Crippen LogP contribution is -2.24. The third-order valence-electron chi connectivity index (χ3n) is 3.35. The summed E-state index contributed by atoms with van der Waals surface area (Å²) < 4.78 is 8.60. The van der Waals surface area contributed by atoms with Crippen LogP contribution in [-0.4, -0.2) is 38.7 Å². The molecular formula is C13H17N5O2. The van der Waals surface area contributed by atoms with Crippen molar-refractivity contribution in [1.82, 2.24) is 19.6 Å². The molecule has 3 heterocycles. The van der Waals surface area contributed by atoms with Crippen molar-refractivity contribution in [3.8, 4) is 0 Å². The number of hydrogen-bond donors (Lipinski definition) is 1. The summed E-state index contributed by atoms with van der Waals surface area (Å²) in [5, 5.41) is 11.8. The van der Waals surface area contributed by atoms with E-state index >= 15 is 0 Å². The first-order chi connectivity index (χ1) is 9.69. The number of aromatic nitrogens is 4. The zero-order valence-corrected chi connectivity index (χ0v) is 11.5. The van der Waals surface area contributed by atoms with Crippen LogP contribution in [0.15, 0.2) is 18.5 Å². The molecule has 7 heteroatoms. The van der Waals surface area contributed by atoms with Gasteiger partial charge in [-0.1, -0.05) is 0 Å². The molecule has 0 saturated carbocycles. The van der Waals surface area contributed by atoms with E-state index in [-0.39, 0.29) is 12.0 Å².